The molecule has 1 atom stereocenters. The number of carbonyl (C=O) groups excluding carboxylic acids is 2. The van der Waals surface area contributed by atoms with Gasteiger partial charge in [-0.1, -0.05) is 48.5 Å². The molecule has 36 heavy (non-hydrogen) atoms. The van der Waals surface area contributed by atoms with Crippen LogP contribution in [-0.4, -0.2) is 28.9 Å². The number of methoxy groups -OCH3 is 1. The van der Waals surface area contributed by atoms with Crippen LogP contribution in [0, 0.1) is 12.7 Å². The van der Waals surface area contributed by atoms with E-state index in [1.807, 2.05) is 30.3 Å². The summed E-state index contributed by atoms with van der Waals surface area (Å²) >= 11 is 1.17. The smallest absolute Gasteiger partial charge is 0.294 e. The van der Waals surface area contributed by atoms with Crippen LogP contribution in [0.3, 0.4) is 0 Å². The van der Waals surface area contributed by atoms with Crippen molar-refractivity contribution in [3.63, 3.8) is 0 Å². The minimum Gasteiger partial charge on any atom is -0.503 e. The van der Waals surface area contributed by atoms with E-state index >= 15 is 4.39 Å². The highest BCUT2D eigenvalue weighted by Gasteiger charge is 2.46. The molecule has 1 N–H and O–H groups in total. The van der Waals surface area contributed by atoms with Gasteiger partial charge >= 0.3 is 0 Å². The van der Waals surface area contributed by atoms with Gasteiger partial charge in [-0.2, -0.15) is 0 Å². The lowest BCUT2D eigenvalue weighted by Gasteiger charge is -2.27. The number of carbonyl (C=O) groups is 2. The van der Waals surface area contributed by atoms with Gasteiger partial charge in [-0.3, -0.25) is 14.5 Å². The largest absolute Gasteiger partial charge is 0.503 e. The van der Waals surface area contributed by atoms with Crippen LogP contribution >= 0.6 is 11.3 Å². The van der Waals surface area contributed by atoms with Gasteiger partial charge in [0.05, 0.1) is 29.3 Å². The zero-order valence-electron chi connectivity index (χ0n) is 19.4. The number of Topliss-reactive ketones (excluding diaryl/α,β-unsaturated/α-hetero) is 1. The predicted octanol–water partition coefficient (Wildman–Crippen LogP) is 6.05. The molecular formula is C28H21FN2O4S. The normalized spacial score (nSPS) is 15.5. The zero-order valence-corrected chi connectivity index (χ0v) is 20.3. The Balaban J connectivity index is 1.63. The number of hydrogen-bond donors (Lipinski definition) is 1. The van der Waals surface area contributed by atoms with E-state index in [-0.39, 0.29) is 16.0 Å². The number of aryl methyl sites for hydroxylation is 1. The second-order valence-corrected chi connectivity index (χ2v) is 9.19. The molecule has 0 radical (unpaired) electrons. The van der Waals surface area contributed by atoms with Crippen LogP contribution in [-0.2, 0) is 4.79 Å². The van der Waals surface area contributed by atoms with Crippen LogP contribution in [0.15, 0.2) is 90.2 Å². The lowest BCUT2D eigenvalue weighted by Crippen LogP contribution is -2.31. The molecule has 0 spiro atoms. The number of benzene rings is 3. The van der Waals surface area contributed by atoms with Crippen molar-refractivity contribution in [3.05, 3.63) is 112 Å². The quantitative estimate of drug-likeness (QED) is 0.326. The fourth-order valence-electron chi connectivity index (χ4n) is 4.27. The Labute approximate surface area is 210 Å². The molecule has 1 amide bonds. The van der Waals surface area contributed by atoms with Crippen molar-refractivity contribution >= 4 is 28.7 Å². The van der Waals surface area contributed by atoms with Crippen molar-refractivity contribution < 1.29 is 23.8 Å². The van der Waals surface area contributed by atoms with Gasteiger partial charge in [0, 0.05) is 16.8 Å². The maximum atomic E-state index is 15.1. The van der Waals surface area contributed by atoms with E-state index in [2.05, 4.69) is 4.98 Å². The molecule has 1 aromatic heterocycles. The number of aliphatic hydroxyl groups is 1. The number of amides is 1. The van der Waals surface area contributed by atoms with E-state index in [4.69, 9.17) is 4.74 Å². The average Bonchev–Trinajstić information content (AvgIpc) is 3.42. The SMILES string of the molecule is COc1ccc(N2C(=O)C(O)=C(C(=O)c3sc(-c4ccccc4)nc3C)C2c2ccccc2F)cc1. The predicted molar refractivity (Wildman–Crippen MR) is 136 cm³/mol. The molecular weight excluding hydrogens is 479 g/mol. The van der Waals surface area contributed by atoms with Crippen molar-refractivity contribution in [2.75, 3.05) is 12.0 Å². The zero-order chi connectivity index (χ0) is 25.4. The molecule has 1 aliphatic heterocycles. The topological polar surface area (TPSA) is 79.7 Å². The summed E-state index contributed by atoms with van der Waals surface area (Å²) in [5, 5.41) is 11.6. The summed E-state index contributed by atoms with van der Waals surface area (Å²) in [4.78, 5) is 33.2. The molecule has 180 valence electrons. The van der Waals surface area contributed by atoms with Gasteiger partial charge in [0.1, 0.15) is 16.6 Å². The monoisotopic (exact) mass is 500 g/mol. The summed E-state index contributed by atoms with van der Waals surface area (Å²) in [6.45, 7) is 1.70. The van der Waals surface area contributed by atoms with Crippen molar-refractivity contribution in [2.45, 2.75) is 13.0 Å². The Bertz CT molecular complexity index is 1500. The first-order chi connectivity index (χ1) is 17.4. The molecule has 4 aromatic rings. The third-order valence-electron chi connectivity index (χ3n) is 6.03. The molecule has 3 aromatic carbocycles. The van der Waals surface area contributed by atoms with Crippen molar-refractivity contribution in [3.8, 4) is 16.3 Å². The fourth-order valence-corrected chi connectivity index (χ4v) is 5.30. The average molecular weight is 501 g/mol. The summed E-state index contributed by atoms with van der Waals surface area (Å²) in [5.74, 6) is -2.10. The molecule has 8 heteroatoms. The molecule has 0 saturated carbocycles. The number of aliphatic hydroxyl groups excluding tert-OH is 1. The standard InChI is InChI=1S/C28H21FN2O4S/c1-16-26(36-27(30-16)17-8-4-3-5-9-17)24(32)22-23(20-10-6-7-11-21(20)29)31(28(34)25(22)33)18-12-14-19(35-2)15-13-18/h3-15,23,33H,1-2H3. The van der Waals surface area contributed by atoms with Crippen LogP contribution < -0.4 is 9.64 Å². The minimum atomic E-state index is -1.17. The molecule has 0 bridgehead atoms. The van der Waals surface area contributed by atoms with Gasteiger partial charge in [-0.25, -0.2) is 9.37 Å². The molecule has 5 rings (SSSR count). The lowest BCUT2D eigenvalue weighted by atomic mass is 9.94. The summed E-state index contributed by atoms with van der Waals surface area (Å²) in [7, 11) is 1.52. The second-order valence-electron chi connectivity index (χ2n) is 8.19. The summed E-state index contributed by atoms with van der Waals surface area (Å²) in [6.07, 6.45) is 0. The summed E-state index contributed by atoms with van der Waals surface area (Å²) in [6, 6.07) is 20.7. The summed E-state index contributed by atoms with van der Waals surface area (Å²) in [5.41, 5.74) is 1.60. The van der Waals surface area contributed by atoms with Gasteiger partial charge in [0.25, 0.3) is 5.91 Å². The van der Waals surface area contributed by atoms with Crippen LogP contribution in [0.2, 0.25) is 0 Å². The van der Waals surface area contributed by atoms with Gasteiger partial charge in [0.15, 0.2) is 5.76 Å². The Hall–Kier alpha value is -4.30. The number of anilines is 1. The highest BCUT2D eigenvalue weighted by molar-refractivity contribution is 7.17. The van der Waals surface area contributed by atoms with Crippen LogP contribution in [0.5, 0.6) is 5.75 Å². The van der Waals surface area contributed by atoms with Crippen molar-refractivity contribution in [2.24, 2.45) is 0 Å². The molecule has 0 fully saturated rings. The molecule has 0 aliphatic carbocycles. The van der Waals surface area contributed by atoms with Gasteiger partial charge < -0.3 is 9.84 Å². The van der Waals surface area contributed by atoms with E-state index in [1.54, 1.807) is 37.3 Å². The Kier molecular flexibility index (Phi) is 6.12. The van der Waals surface area contributed by atoms with Crippen molar-refractivity contribution in [1.82, 2.24) is 4.98 Å². The third-order valence-corrected chi connectivity index (χ3v) is 7.23. The highest BCUT2D eigenvalue weighted by atomic mass is 32.1. The number of rotatable bonds is 6. The first-order valence-electron chi connectivity index (χ1n) is 11.1. The molecule has 2 heterocycles. The number of aromatic nitrogens is 1. The first-order valence-corrected chi connectivity index (χ1v) is 11.9. The first kappa shape index (κ1) is 23.4. The van der Waals surface area contributed by atoms with Gasteiger partial charge in [-0.15, -0.1) is 11.3 Å². The maximum Gasteiger partial charge on any atom is 0.294 e. The van der Waals surface area contributed by atoms with E-state index in [1.165, 1.54) is 41.5 Å². The Morgan fingerprint density at radius 3 is 2.36 bits per heavy atom. The number of ether oxygens (including phenoxy) is 1. The minimum absolute atomic E-state index is 0.0968. The molecule has 1 aliphatic rings. The van der Waals surface area contributed by atoms with Crippen LogP contribution in [0.1, 0.15) is 27.0 Å². The van der Waals surface area contributed by atoms with Gasteiger partial charge in [-0.05, 0) is 37.3 Å². The summed E-state index contributed by atoms with van der Waals surface area (Å²) < 4.78 is 20.3. The molecule has 6 nitrogen and oxygen atoms in total. The Morgan fingerprint density at radius 2 is 1.69 bits per heavy atom. The molecule has 0 saturated heterocycles. The number of ketones is 1. The van der Waals surface area contributed by atoms with Crippen LogP contribution in [0.25, 0.3) is 10.6 Å². The van der Waals surface area contributed by atoms with E-state index in [0.29, 0.717) is 22.1 Å². The van der Waals surface area contributed by atoms with E-state index < -0.39 is 29.3 Å². The third kappa shape index (κ3) is 3.95. The number of halogens is 1. The number of hydrogen-bond acceptors (Lipinski definition) is 6. The van der Waals surface area contributed by atoms with Crippen molar-refractivity contribution in [1.29, 1.82) is 0 Å². The van der Waals surface area contributed by atoms with E-state index in [9.17, 15) is 14.7 Å². The fraction of sp³-hybridized carbons (Fsp3) is 0.107. The second kappa shape index (κ2) is 9.39. The van der Waals surface area contributed by atoms with E-state index in [0.717, 1.165) is 5.56 Å². The lowest BCUT2D eigenvalue weighted by molar-refractivity contribution is -0.117. The highest BCUT2D eigenvalue weighted by Crippen LogP contribution is 2.44. The van der Waals surface area contributed by atoms with Crippen LogP contribution in [0.4, 0.5) is 10.1 Å². The Morgan fingerprint density at radius 1 is 1.03 bits per heavy atom. The van der Waals surface area contributed by atoms with Gasteiger partial charge in [0.2, 0.25) is 5.78 Å². The maximum absolute atomic E-state index is 15.1. The number of nitrogens with zero attached hydrogens (tertiary/aromatic N) is 2. The number of thiazole rings is 1. The molecule has 1 unspecified atom stereocenters.